The monoisotopic (exact) mass is 192 g/mol. The van der Waals surface area contributed by atoms with Crippen molar-refractivity contribution in [3.05, 3.63) is 0 Å². The number of rotatable bonds is 4. The van der Waals surface area contributed by atoms with Crippen LogP contribution in [0.1, 0.15) is 13.8 Å². The van der Waals surface area contributed by atoms with Crippen LogP contribution in [0.3, 0.4) is 0 Å². The van der Waals surface area contributed by atoms with Gasteiger partial charge in [0.2, 0.25) is 0 Å². The molecule has 0 aromatic heterocycles. The summed E-state index contributed by atoms with van der Waals surface area (Å²) in [7, 11) is -2.33. The van der Waals surface area contributed by atoms with Gasteiger partial charge in [-0.1, -0.05) is 0 Å². The summed E-state index contributed by atoms with van der Waals surface area (Å²) < 4.78 is 21.1. The second kappa shape index (κ2) is 3.09. The molecule has 2 aliphatic rings. The summed E-state index contributed by atoms with van der Waals surface area (Å²) in [4.78, 5) is 0. The van der Waals surface area contributed by atoms with Crippen LogP contribution >= 0.6 is 8.25 Å². The zero-order valence-corrected chi connectivity index (χ0v) is 8.19. The summed E-state index contributed by atoms with van der Waals surface area (Å²) in [6, 6.07) is 0.795. The number of nitrogens with zero attached hydrogens (tertiary/aromatic N) is 2. The highest BCUT2D eigenvalue weighted by Gasteiger charge is 2.36. The van der Waals surface area contributed by atoms with Crippen LogP contribution < -0.4 is 0 Å². The molecule has 0 bridgehead atoms. The molecule has 5 nitrogen and oxygen atoms in total. The number of hydrogen-bond acceptors (Lipinski definition) is 5. The van der Waals surface area contributed by atoms with Crippen molar-refractivity contribution in [2.75, 3.05) is 13.1 Å². The van der Waals surface area contributed by atoms with E-state index in [1.165, 1.54) is 0 Å². The lowest BCUT2D eigenvalue weighted by molar-refractivity contribution is -0.0130. The maximum Gasteiger partial charge on any atom is 0.352 e. The van der Waals surface area contributed by atoms with Gasteiger partial charge in [0.15, 0.2) is 0 Å². The Morgan fingerprint density at radius 2 is 1.50 bits per heavy atom. The van der Waals surface area contributed by atoms with Crippen LogP contribution in [0.5, 0.6) is 0 Å². The quantitative estimate of drug-likeness (QED) is 0.483. The van der Waals surface area contributed by atoms with Crippen molar-refractivity contribution in [3.63, 3.8) is 0 Å². The van der Waals surface area contributed by atoms with Crippen molar-refractivity contribution in [1.29, 1.82) is 0 Å². The topological polar surface area (TPSA) is 41.6 Å². The summed E-state index contributed by atoms with van der Waals surface area (Å²) in [5.74, 6) is 0. The third-order valence-electron chi connectivity index (χ3n) is 1.99. The fourth-order valence-corrected chi connectivity index (χ4v) is 1.81. The molecular formula is C6H13N2O3P. The molecule has 0 radical (unpaired) electrons. The standard InChI is InChI=1S/C6H13N2O3P/c1-5-3-7(5)10-12(9)11-8-4-6(8)2/h5-6,12H,3-4H2,1-2H3. The molecule has 0 amide bonds. The van der Waals surface area contributed by atoms with Crippen LogP contribution in [0.4, 0.5) is 0 Å². The zero-order chi connectivity index (χ0) is 8.72. The molecule has 4 unspecified atom stereocenters. The van der Waals surface area contributed by atoms with Gasteiger partial charge in [0.25, 0.3) is 0 Å². The maximum absolute atomic E-state index is 11.1. The van der Waals surface area contributed by atoms with Gasteiger partial charge in [0, 0.05) is 25.2 Å². The Bertz CT molecular complexity index is 193. The number of hydrogen-bond donors (Lipinski definition) is 0. The van der Waals surface area contributed by atoms with Gasteiger partial charge in [-0.05, 0) is 13.8 Å². The summed E-state index contributed by atoms with van der Waals surface area (Å²) >= 11 is 0. The highest BCUT2D eigenvalue weighted by molar-refractivity contribution is 7.33. The Morgan fingerprint density at radius 3 is 1.75 bits per heavy atom. The van der Waals surface area contributed by atoms with E-state index in [0.29, 0.717) is 12.1 Å². The Morgan fingerprint density at radius 1 is 1.17 bits per heavy atom. The Balaban J connectivity index is 1.64. The van der Waals surface area contributed by atoms with Crippen LogP contribution in [0.15, 0.2) is 0 Å². The molecule has 0 aliphatic carbocycles. The van der Waals surface area contributed by atoms with Crippen molar-refractivity contribution in [2.45, 2.75) is 25.9 Å². The fourth-order valence-electron chi connectivity index (χ4n) is 0.889. The molecule has 2 fully saturated rings. The highest BCUT2D eigenvalue weighted by Crippen LogP contribution is 2.36. The minimum Gasteiger partial charge on any atom is -0.260 e. The SMILES string of the molecule is CC1CN1O[PH](=O)ON1CC1C. The van der Waals surface area contributed by atoms with Gasteiger partial charge < -0.3 is 0 Å². The van der Waals surface area contributed by atoms with Crippen molar-refractivity contribution in [2.24, 2.45) is 0 Å². The third kappa shape index (κ3) is 2.06. The molecule has 0 N–H and O–H groups in total. The minimum absolute atomic E-state index is 0.397. The minimum atomic E-state index is -2.33. The molecule has 0 saturated carbocycles. The second-order valence-electron chi connectivity index (χ2n) is 3.33. The second-order valence-corrected chi connectivity index (χ2v) is 4.20. The van der Waals surface area contributed by atoms with E-state index in [1.807, 2.05) is 13.8 Å². The molecule has 2 heterocycles. The van der Waals surface area contributed by atoms with Gasteiger partial charge in [-0.2, -0.15) is 10.1 Å². The van der Waals surface area contributed by atoms with E-state index >= 15 is 0 Å². The van der Waals surface area contributed by atoms with Crippen molar-refractivity contribution >= 4 is 8.25 Å². The lowest BCUT2D eigenvalue weighted by Crippen LogP contribution is -2.00. The first-order valence-corrected chi connectivity index (χ1v) is 5.32. The molecule has 2 aliphatic heterocycles. The molecule has 70 valence electrons. The fraction of sp³-hybridized carbons (Fsp3) is 1.00. The predicted octanol–water partition coefficient (Wildman–Crippen LogP) is 0.647. The van der Waals surface area contributed by atoms with E-state index in [-0.39, 0.29) is 0 Å². The first-order valence-electron chi connectivity index (χ1n) is 4.10. The summed E-state index contributed by atoms with van der Waals surface area (Å²) in [5, 5.41) is 3.32. The van der Waals surface area contributed by atoms with Gasteiger partial charge in [0.05, 0.1) is 0 Å². The third-order valence-corrected chi connectivity index (χ3v) is 2.76. The first kappa shape index (κ1) is 8.66. The Kier molecular flexibility index (Phi) is 2.23. The summed E-state index contributed by atoms with van der Waals surface area (Å²) in [6.07, 6.45) is 0. The van der Waals surface area contributed by atoms with Crippen LogP contribution in [0.2, 0.25) is 0 Å². The Hall–Kier alpha value is 0.0700. The Labute approximate surface area is 72.1 Å². The van der Waals surface area contributed by atoms with Crippen molar-refractivity contribution in [1.82, 2.24) is 10.1 Å². The molecule has 0 spiro atoms. The average molecular weight is 192 g/mol. The zero-order valence-electron chi connectivity index (χ0n) is 7.19. The van der Waals surface area contributed by atoms with Crippen LogP contribution in [-0.4, -0.2) is 35.3 Å². The largest absolute Gasteiger partial charge is 0.352 e. The van der Waals surface area contributed by atoms with Gasteiger partial charge in [-0.25, -0.2) is 9.25 Å². The molecule has 0 aromatic carbocycles. The molecule has 12 heavy (non-hydrogen) atoms. The van der Waals surface area contributed by atoms with Crippen LogP contribution in [-0.2, 0) is 13.8 Å². The molecule has 6 heteroatoms. The summed E-state index contributed by atoms with van der Waals surface area (Å²) in [5.41, 5.74) is 0. The lowest BCUT2D eigenvalue weighted by atomic mass is 10.6. The maximum atomic E-state index is 11.1. The van der Waals surface area contributed by atoms with Crippen molar-refractivity contribution < 1.29 is 13.8 Å². The van der Waals surface area contributed by atoms with E-state index in [0.717, 1.165) is 13.1 Å². The predicted molar refractivity (Wildman–Crippen MR) is 43.5 cm³/mol. The molecule has 2 rings (SSSR count). The lowest BCUT2D eigenvalue weighted by Gasteiger charge is -2.04. The molecular weight excluding hydrogens is 179 g/mol. The average Bonchev–Trinajstić information content (AvgIpc) is 2.80. The summed E-state index contributed by atoms with van der Waals surface area (Å²) in [6.45, 7) is 5.73. The smallest absolute Gasteiger partial charge is 0.260 e. The van der Waals surface area contributed by atoms with Gasteiger partial charge >= 0.3 is 8.25 Å². The van der Waals surface area contributed by atoms with Gasteiger partial charge in [-0.15, -0.1) is 0 Å². The highest BCUT2D eigenvalue weighted by atomic mass is 31.1. The van der Waals surface area contributed by atoms with E-state index in [9.17, 15) is 4.57 Å². The van der Waals surface area contributed by atoms with E-state index in [4.69, 9.17) is 9.25 Å². The van der Waals surface area contributed by atoms with E-state index in [2.05, 4.69) is 0 Å². The van der Waals surface area contributed by atoms with Crippen LogP contribution in [0.25, 0.3) is 0 Å². The van der Waals surface area contributed by atoms with Gasteiger partial charge in [-0.3, -0.25) is 4.57 Å². The molecule has 2 saturated heterocycles. The number of hydroxylamine groups is 4. The molecule has 4 atom stereocenters. The molecule has 0 aromatic rings. The van der Waals surface area contributed by atoms with Crippen molar-refractivity contribution in [3.8, 4) is 0 Å². The van der Waals surface area contributed by atoms with E-state index in [1.54, 1.807) is 10.1 Å². The van der Waals surface area contributed by atoms with E-state index < -0.39 is 8.25 Å². The normalized spacial score (nSPS) is 47.2. The first-order chi connectivity index (χ1) is 5.66. The van der Waals surface area contributed by atoms with Crippen LogP contribution in [0, 0.1) is 0 Å². The van der Waals surface area contributed by atoms with Gasteiger partial charge in [0.1, 0.15) is 0 Å².